The highest BCUT2D eigenvalue weighted by Crippen LogP contribution is 2.10. The fourth-order valence-corrected chi connectivity index (χ4v) is 1.64. The smallest absolute Gasteiger partial charge is 0.255 e. The zero-order valence-corrected chi connectivity index (χ0v) is 8.90. The summed E-state index contributed by atoms with van der Waals surface area (Å²) >= 11 is 0. The van der Waals surface area contributed by atoms with Gasteiger partial charge in [-0.15, -0.1) is 0 Å². The van der Waals surface area contributed by atoms with Crippen molar-refractivity contribution in [3.05, 3.63) is 35.4 Å². The van der Waals surface area contributed by atoms with E-state index in [0.717, 1.165) is 25.1 Å². The summed E-state index contributed by atoms with van der Waals surface area (Å²) in [5, 5.41) is 0. The Kier molecular flexibility index (Phi) is 3.02. The van der Waals surface area contributed by atoms with Crippen LogP contribution in [0.2, 0.25) is 0 Å². The zero-order chi connectivity index (χ0) is 10.7. The molecular weight excluding hydrogens is 190 g/mol. The normalized spacial score (nSPS) is 16.5. The first-order chi connectivity index (χ1) is 7.27. The molecular formula is C12H15NO2. The van der Waals surface area contributed by atoms with Gasteiger partial charge in [-0.1, -0.05) is 17.7 Å². The zero-order valence-electron chi connectivity index (χ0n) is 8.90. The molecule has 1 aromatic carbocycles. The van der Waals surface area contributed by atoms with Crippen LogP contribution in [0.15, 0.2) is 24.3 Å². The summed E-state index contributed by atoms with van der Waals surface area (Å²) in [7, 11) is 0. The minimum absolute atomic E-state index is 0.0645. The summed E-state index contributed by atoms with van der Waals surface area (Å²) in [4.78, 5) is 13.7. The molecule has 1 fully saturated rings. The second-order valence-corrected chi connectivity index (χ2v) is 3.83. The highest BCUT2D eigenvalue weighted by molar-refractivity contribution is 5.94. The fourth-order valence-electron chi connectivity index (χ4n) is 1.64. The Morgan fingerprint density at radius 2 is 2.07 bits per heavy atom. The molecule has 0 N–H and O–H groups in total. The lowest BCUT2D eigenvalue weighted by molar-refractivity contribution is -0.00571. The van der Waals surface area contributed by atoms with Crippen LogP contribution in [0.25, 0.3) is 0 Å². The maximum atomic E-state index is 12.0. The predicted molar refractivity (Wildman–Crippen MR) is 57.7 cm³/mol. The maximum absolute atomic E-state index is 12.0. The maximum Gasteiger partial charge on any atom is 0.255 e. The summed E-state index contributed by atoms with van der Waals surface area (Å²) in [6, 6.07) is 7.65. The van der Waals surface area contributed by atoms with E-state index in [9.17, 15) is 4.79 Å². The molecule has 0 aromatic heterocycles. The molecule has 0 unspecified atom stereocenters. The second-order valence-electron chi connectivity index (χ2n) is 3.83. The average Bonchev–Trinajstić information content (AvgIpc) is 2.30. The van der Waals surface area contributed by atoms with Gasteiger partial charge in [0.05, 0.1) is 6.61 Å². The highest BCUT2D eigenvalue weighted by Gasteiger charge is 2.17. The molecule has 3 heteroatoms. The largest absolute Gasteiger partial charge is 0.361 e. The molecule has 1 heterocycles. The van der Waals surface area contributed by atoms with Crippen LogP contribution in [0, 0.1) is 6.92 Å². The standard InChI is InChI=1S/C12H15NO2/c1-10-3-5-11(6-4-10)12(14)13-7-2-8-15-9-13/h3-6H,2,7-9H2,1H3. The van der Waals surface area contributed by atoms with Gasteiger partial charge in [0.15, 0.2) is 0 Å². The van der Waals surface area contributed by atoms with E-state index >= 15 is 0 Å². The average molecular weight is 205 g/mol. The summed E-state index contributed by atoms with van der Waals surface area (Å²) in [6.45, 7) is 4.00. The minimum atomic E-state index is 0.0645. The third-order valence-electron chi connectivity index (χ3n) is 2.55. The molecule has 0 atom stereocenters. The Balaban J connectivity index is 2.09. The molecule has 80 valence electrons. The number of amides is 1. The number of carbonyl (C=O) groups excluding carboxylic acids is 1. The first-order valence-corrected chi connectivity index (χ1v) is 5.21. The van der Waals surface area contributed by atoms with Gasteiger partial charge in [0.2, 0.25) is 0 Å². The highest BCUT2D eigenvalue weighted by atomic mass is 16.5. The van der Waals surface area contributed by atoms with E-state index in [1.807, 2.05) is 31.2 Å². The lowest BCUT2D eigenvalue weighted by Gasteiger charge is -2.26. The van der Waals surface area contributed by atoms with Crippen LogP contribution in [0.1, 0.15) is 22.3 Å². The van der Waals surface area contributed by atoms with E-state index in [2.05, 4.69) is 0 Å². The molecule has 0 radical (unpaired) electrons. The monoisotopic (exact) mass is 205 g/mol. The van der Waals surface area contributed by atoms with Crippen LogP contribution in [-0.2, 0) is 4.74 Å². The molecule has 1 aliphatic rings. The van der Waals surface area contributed by atoms with Gasteiger partial charge in [0, 0.05) is 12.1 Å². The molecule has 2 rings (SSSR count). The van der Waals surface area contributed by atoms with E-state index in [1.54, 1.807) is 4.90 Å². The van der Waals surface area contributed by atoms with Gasteiger partial charge >= 0.3 is 0 Å². The Labute approximate surface area is 89.7 Å². The van der Waals surface area contributed by atoms with E-state index in [1.165, 1.54) is 5.56 Å². The SMILES string of the molecule is Cc1ccc(C(=O)N2CCCOC2)cc1. The van der Waals surface area contributed by atoms with Crippen LogP contribution < -0.4 is 0 Å². The van der Waals surface area contributed by atoms with Crippen molar-refractivity contribution in [2.45, 2.75) is 13.3 Å². The van der Waals surface area contributed by atoms with Crippen LogP contribution in [0.5, 0.6) is 0 Å². The predicted octanol–water partition coefficient (Wildman–Crippen LogP) is 1.82. The van der Waals surface area contributed by atoms with Crippen LogP contribution in [0.3, 0.4) is 0 Å². The van der Waals surface area contributed by atoms with E-state index in [4.69, 9.17) is 4.74 Å². The Morgan fingerprint density at radius 1 is 1.33 bits per heavy atom. The van der Waals surface area contributed by atoms with Crippen molar-refractivity contribution in [1.82, 2.24) is 4.90 Å². The quantitative estimate of drug-likeness (QED) is 0.699. The first-order valence-electron chi connectivity index (χ1n) is 5.21. The van der Waals surface area contributed by atoms with Crippen molar-refractivity contribution in [2.75, 3.05) is 19.9 Å². The number of hydrogen-bond acceptors (Lipinski definition) is 2. The molecule has 1 amide bonds. The summed E-state index contributed by atoms with van der Waals surface area (Å²) in [5.74, 6) is 0.0645. The van der Waals surface area contributed by atoms with Gasteiger partial charge in [0.25, 0.3) is 5.91 Å². The van der Waals surface area contributed by atoms with Gasteiger partial charge < -0.3 is 9.64 Å². The number of hydrogen-bond donors (Lipinski definition) is 0. The second kappa shape index (κ2) is 4.45. The summed E-state index contributed by atoms with van der Waals surface area (Å²) in [5.41, 5.74) is 1.91. The number of carbonyl (C=O) groups is 1. The molecule has 1 aromatic rings. The molecule has 3 nitrogen and oxygen atoms in total. The van der Waals surface area contributed by atoms with Crippen molar-refractivity contribution in [1.29, 1.82) is 0 Å². The first kappa shape index (κ1) is 10.2. The number of benzene rings is 1. The Morgan fingerprint density at radius 3 is 2.67 bits per heavy atom. The van der Waals surface area contributed by atoms with Crippen LogP contribution in [0.4, 0.5) is 0 Å². The van der Waals surface area contributed by atoms with Crippen molar-refractivity contribution >= 4 is 5.91 Å². The van der Waals surface area contributed by atoms with Gasteiger partial charge in [-0.05, 0) is 25.5 Å². The van der Waals surface area contributed by atoms with E-state index < -0.39 is 0 Å². The molecule has 0 aliphatic carbocycles. The lowest BCUT2D eigenvalue weighted by atomic mass is 10.1. The van der Waals surface area contributed by atoms with Crippen LogP contribution in [-0.4, -0.2) is 30.7 Å². The lowest BCUT2D eigenvalue weighted by Crippen LogP contribution is -2.38. The van der Waals surface area contributed by atoms with E-state index in [0.29, 0.717) is 6.73 Å². The van der Waals surface area contributed by atoms with Crippen molar-refractivity contribution in [3.63, 3.8) is 0 Å². The van der Waals surface area contributed by atoms with E-state index in [-0.39, 0.29) is 5.91 Å². The topological polar surface area (TPSA) is 29.5 Å². The third-order valence-corrected chi connectivity index (χ3v) is 2.55. The number of nitrogens with zero attached hydrogens (tertiary/aromatic N) is 1. The van der Waals surface area contributed by atoms with Crippen molar-refractivity contribution < 1.29 is 9.53 Å². The summed E-state index contributed by atoms with van der Waals surface area (Å²) in [6.07, 6.45) is 0.928. The molecule has 1 aliphatic heterocycles. The number of ether oxygens (including phenoxy) is 1. The Bertz CT molecular complexity index is 339. The van der Waals surface area contributed by atoms with Crippen LogP contribution >= 0.6 is 0 Å². The third kappa shape index (κ3) is 2.36. The van der Waals surface area contributed by atoms with Crippen molar-refractivity contribution in [3.8, 4) is 0 Å². The Hall–Kier alpha value is -1.35. The van der Waals surface area contributed by atoms with Gasteiger partial charge in [-0.2, -0.15) is 0 Å². The van der Waals surface area contributed by atoms with Gasteiger partial charge in [-0.25, -0.2) is 0 Å². The number of rotatable bonds is 1. The fraction of sp³-hybridized carbons (Fsp3) is 0.417. The molecule has 0 bridgehead atoms. The molecule has 0 saturated carbocycles. The van der Waals surface area contributed by atoms with Gasteiger partial charge in [-0.3, -0.25) is 4.79 Å². The number of aryl methyl sites for hydroxylation is 1. The molecule has 1 saturated heterocycles. The van der Waals surface area contributed by atoms with Gasteiger partial charge in [0.1, 0.15) is 6.73 Å². The summed E-state index contributed by atoms with van der Waals surface area (Å²) < 4.78 is 5.25. The van der Waals surface area contributed by atoms with Crippen molar-refractivity contribution in [2.24, 2.45) is 0 Å². The molecule has 15 heavy (non-hydrogen) atoms. The molecule has 0 spiro atoms. The minimum Gasteiger partial charge on any atom is -0.361 e.